The van der Waals surface area contributed by atoms with E-state index < -0.39 is 66.8 Å². The Kier molecular flexibility index (Phi) is 13.8. The number of ether oxygens (including phenoxy) is 5. The number of carbonyl (C=O) groups is 5. The van der Waals surface area contributed by atoms with Crippen LogP contribution in [0.5, 0.6) is 0 Å². The second kappa shape index (κ2) is 17.0. The maximum absolute atomic E-state index is 13.4. The van der Waals surface area contributed by atoms with Crippen LogP contribution in [0.25, 0.3) is 0 Å². The molecule has 0 heterocycles. The minimum atomic E-state index is -1.95. The zero-order valence-electron chi connectivity index (χ0n) is 26.1. The van der Waals surface area contributed by atoms with Crippen LogP contribution in [0.15, 0.2) is 60.7 Å². The highest BCUT2D eigenvalue weighted by atomic mass is 16.8. The average Bonchev–Trinajstić information content (AvgIpc) is 2.93. The van der Waals surface area contributed by atoms with Crippen LogP contribution in [0.4, 0.5) is 14.4 Å². The van der Waals surface area contributed by atoms with Gasteiger partial charge >= 0.3 is 30.3 Å². The Hall–Kier alpha value is -4.69. The first-order chi connectivity index (χ1) is 21.0. The predicted octanol–water partition coefficient (Wildman–Crippen LogP) is 4.60. The number of esters is 2. The molecule has 2 rings (SSSR count). The number of alkyl carbamates (subject to hydrolysis) is 1. The van der Waals surface area contributed by atoms with Crippen molar-refractivity contribution in [1.82, 2.24) is 10.4 Å². The molecule has 2 atom stereocenters. The van der Waals surface area contributed by atoms with Crippen molar-refractivity contribution in [3.05, 3.63) is 71.8 Å². The molecule has 2 amide bonds. The van der Waals surface area contributed by atoms with E-state index in [2.05, 4.69) is 10.2 Å². The van der Waals surface area contributed by atoms with Crippen LogP contribution in [-0.4, -0.2) is 76.9 Å². The maximum Gasteiger partial charge on any atom is 0.531 e. The summed E-state index contributed by atoms with van der Waals surface area (Å²) in [5.41, 5.74) is -0.568. The average molecular weight is 633 g/mol. The molecule has 0 saturated heterocycles. The molecule has 0 bridgehead atoms. The van der Waals surface area contributed by atoms with E-state index in [0.717, 1.165) is 5.56 Å². The highest BCUT2D eigenvalue weighted by molar-refractivity contribution is 5.93. The fourth-order valence-corrected chi connectivity index (χ4v) is 3.44. The largest absolute Gasteiger partial charge is 0.531 e. The number of hydrogen-bond acceptors (Lipinski definition) is 11. The van der Waals surface area contributed by atoms with E-state index in [-0.39, 0.29) is 18.3 Å². The van der Waals surface area contributed by atoms with Gasteiger partial charge in [0.2, 0.25) is 0 Å². The summed E-state index contributed by atoms with van der Waals surface area (Å²) in [6.07, 6.45) is -4.31. The van der Waals surface area contributed by atoms with E-state index in [1.54, 1.807) is 75.4 Å². The number of nitrogens with zero attached hydrogens (tertiary/aromatic N) is 1. The Bertz CT molecular complexity index is 1270. The van der Waals surface area contributed by atoms with Gasteiger partial charge in [-0.1, -0.05) is 60.7 Å². The van der Waals surface area contributed by atoms with Crippen LogP contribution in [0.1, 0.15) is 52.7 Å². The topological polar surface area (TPSA) is 176 Å². The van der Waals surface area contributed by atoms with Gasteiger partial charge in [-0.05, 0) is 52.7 Å². The van der Waals surface area contributed by atoms with Gasteiger partial charge in [0.15, 0.2) is 12.1 Å². The van der Waals surface area contributed by atoms with Gasteiger partial charge in [0.1, 0.15) is 11.2 Å². The summed E-state index contributed by atoms with van der Waals surface area (Å²) in [4.78, 5) is 68.1. The van der Waals surface area contributed by atoms with Crippen LogP contribution in [0, 0.1) is 0 Å². The summed E-state index contributed by atoms with van der Waals surface area (Å²) in [5, 5.41) is 11.7. The van der Waals surface area contributed by atoms with E-state index >= 15 is 0 Å². The van der Waals surface area contributed by atoms with Crippen LogP contribution in [0.2, 0.25) is 0 Å². The molecule has 246 valence electrons. The van der Waals surface area contributed by atoms with Crippen molar-refractivity contribution >= 4 is 30.3 Å². The number of hydrogen-bond donors (Lipinski definition) is 2. The van der Waals surface area contributed by atoms with Gasteiger partial charge < -0.3 is 34.1 Å². The fraction of sp³-hybridized carbons (Fsp3) is 0.452. The van der Waals surface area contributed by atoms with Crippen LogP contribution in [-0.2, 0) is 51.3 Å². The van der Waals surface area contributed by atoms with E-state index in [0.29, 0.717) is 5.56 Å². The summed E-state index contributed by atoms with van der Waals surface area (Å²) >= 11 is 0. The third-order valence-electron chi connectivity index (χ3n) is 5.27. The molecule has 0 unspecified atom stereocenters. The molecule has 14 nitrogen and oxygen atoms in total. The fourth-order valence-electron chi connectivity index (χ4n) is 3.44. The summed E-state index contributed by atoms with van der Waals surface area (Å²) in [6.45, 7) is 8.28. The van der Waals surface area contributed by atoms with Gasteiger partial charge in [0, 0.05) is 0 Å². The number of rotatable bonds is 12. The Labute approximate surface area is 261 Å². The molecule has 0 aliphatic carbocycles. The molecule has 0 aromatic heterocycles. The van der Waals surface area contributed by atoms with Crippen molar-refractivity contribution in [2.45, 2.75) is 78.0 Å². The monoisotopic (exact) mass is 632 g/mol. The second-order valence-electron chi connectivity index (χ2n) is 11.6. The van der Waals surface area contributed by atoms with E-state index in [1.165, 1.54) is 20.8 Å². The molecule has 0 spiro atoms. The van der Waals surface area contributed by atoms with Gasteiger partial charge in [-0.3, -0.25) is 4.84 Å². The predicted molar refractivity (Wildman–Crippen MR) is 157 cm³/mol. The number of benzene rings is 2. The lowest BCUT2D eigenvalue weighted by molar-refractivity contribution is -0.185. The zero-order valence-corrected chi connectivity index (χ0v) is 26.1. The number of amides is 2. The van der Waals surface area contributed by atoms with E-state index in [4.69, 9.17) is 23.7 Å². The Morgan fingerprint density at radius 1 is 0.733 bits per heavy atom. The molecule has 2 aromatic carbocycles. The van der Waals surface area contributed by atoms with Gasteiger partial charge in [-0.2, -0.15) is 0 Å². The van der Waals surface area contributed by atoms with Crippen LogP contribution in [0.3, 0.4) is 0 Å². The third-order valence-corrected chi connectivity index (χ3v) is 5.27. The lowest BCUT2D eigenvalue weighted by Gasteiger charge is -2.29. The summed E-state index contributed by atoms with van der Waals surface area (Å²) in [6, 6.07) is 14.2. The van der Waals surface area contributed by atoms with Gasteiger partial charge in [-0.15, -0.1) is 5.06 Å². The number of carbonyl (C=O) groups excluding carboxylic acids is 4. The summed E-state index contributed by atoms with van der Waals surface area (Å²) < 4.78 is 26.6. The number of hydroxylamine groups is 2. The first-order valence-corrected chi connectivity index (χ1v) is 14.0. The van der Waals surface area contributed by atoms with Crippen molar-refractivity contribution in [1.29, 1.82) is 0 Å². The summed E-state index contributed by atoms with van der Waals surface area (Å²) in [5.74, 6) is -2.72. The smallest absolute Gasteiger partial charge is 0.448 e. The highest BCUT2D eigenvalue weighted by Gasteiger charge is 2.40. The zero-order chi connectivity index (χ0) is 33.6. The molecule has 2 aromatic rings. The Morgan fingerprint density at radius 2 is 1.22 bits per heavy atom. The van der Waals surface area contributed by atoms with Crippen LogP contribution < -0.4 is 5.32 Å². The molecule has 0 saturated carbocycles. The molecule has 0 aliphatic heterocycles. The maximum atomic E-state index is 13.4. The lowest BCUT2D eigenvalue weighted by atomic mass is 10.2. The third kappa shape index (κ3) is 14.6. The molecule has 0 fully saturated rings. The number of carboxylic acid groups (broad SMARTS) is 1. The molecular formula is C31H40N2O12. The quantitative estimate of drug-likeness (QED) is 0.144. The molecule has 45 heavy (non-hydrogen) atoms. The minimum absolute atomic E-state index is 0.0516. The lowest BCUT2D eigenvalue weighted by Crippen LogP contribution is -2.53. The number of nitrogens with one attached hydrogen (secondary N) is 1. The molecule has 2 N–H and O–H groups in total. The minimum Gasteiger partial charge on any atom is -0.448 e. The van der Waals surface area contributed by atoms with Crippen molar-refractivity contribution in [3.8, 4) is 0 Å². The van der Waals surface area contributed by atoms with Crippen molar-refractivity contribution in [3.63, 3.8) is 0 Å². The SMILES string of the molecule is CC(C)(C)OC(=O)N[C@@H](COCc1ccccc1)C(=O)OC(=O)[C@H](COCc1ccccc1)N(OC(=O)O)C(=O)OC(C)(C)C. The van der Waals surface area contributed by atoms with Crippen LogP contribution >= 0.6 is 0 Å². The molecule has 0 aliphatic rings. The molecule has 14 heteroatoms. The normalized spacial score (nSPS) is 12.7. The molecular weight excluding hydrogens is 592 g/mol. The molecule has 0 radical (unpaired) electrons. The van der Waals surface area contributed by atoms with E-state index in [1.807, 2.05) is 6.07 Å². The standard InChI is InChI=1S/C31H40N2O12/c1-30(2,3)43-27(36)32-23(19-40-17-21-13-9-7-10-14-21)25(34)42-26(35)24(20-41-18-22-15-11-8-12-16-22)33(45-29(38)39)28(37)44-31(4,5)6/h7-16,23-24H,17-20H2,1-6H3,(H,32,36)(H,38,39)/t23-,24-/m0/s1. The first kappa shape index (κ1) is 36.5. The van der Waals surface area contributed by atoms with Gasteiger partial charge in [0.05, 0.1) is 26.4 Å². The highest BCUT2D eigenvalue weighted by Crippen LogP contribution is 2.16. The van der Waals surface area contributed by atoms with Crippen molar-refractivity contribution in [2.75, 3.05) is 13.2 Å². The van der Waals surface area contributed by atoms with Crippen molar-refractivity contribution in [2.24, 2.45) is 0 Å². The Balaban J connectivity index is 2.29. The van der Waals surface area contributed by atoms with Crippen molar-refractivity contribution < 1.29 is 57.6 Å². The Morgan fingerprint density at radius 3 is 1.69 bits per heavy atom. The summed E-state index contributed by atoms with van der Waals surface area (Å²) in [7, 11) is 0. The van der Waals surface area contributed by atoms with Gasteiger partial charge in [0.25, 0.3) is 0 Å². The second-order valence-corrected chi connectivity index (χ2v) is 11.6. The van der Waals surface area contributed by atoms with E-state index in [9.17, 15) is 29.1 Å². The first-order valence-electron chi connectivity index (χ1n) is 14.0. The van der Waals surface area contributed by atoms with Gasteiger partial charge in [-0.25, -0.2) is 24.0 Å².